The van der Waals surface area contributed by atoms with Gasteiger partial charge in [0, 0.05) is 46.9 Å². The summed E-state index contributed by atoms with van der Waals surface area (Å²) >= 11 is 0. The van der Waals surface area contributed by atoms with Crippen molar-refractivity contribution in [1.29, 1.82) is 0 Å². The number of nitrogens with one attached hydrogen (secondary N) is 1. The Hall–Kier alpha value is -0.200. The minimum absolute atomic E-state index is 0.163. The lowest BCUT2D eigenvalue weighted by atomic mass is 9.84. The van der Waals surface area contributed by atoms with E-state index in [9.17, 15) is 0 Å². The number of hydrogen-bond donors (Lipinski definition) is 2. The van der Waals surface area contributed by atoms with E-state index < -0.39 is 0 Å². The van der Waals surface area contributed by atoms with Crippen LogP contribution in [0.1, 0.15) is 25.7 Å². The van der Waals surface area contributed by atoms with Gasteiger partial charge in [0.15, 0.2) is 0 Å². The lowest BCUT2D eigenvalue weighted by molar-refractivity contribution is -0.112. The SMILES string of the molecule is COCCCC(NN)C1(OC)CCOCC1. The van der Waals surface area contributed by atoms with Gasteiger partial charge in [-0.2, -0.15) is 0 Å². The van der Waals surface area contributed by atoms with E-state index in [-0.39, 0.29) is 11.6 Å². The lowest BCUT2D eigenvalue weighted by Gasteiger charge is -2.42. The second kappa shape index (κ2) is 7.19. The number of nitrogens with two attached hydrogens (primary N) is 1. The lowest BCUT2D eigenvalue weighted by Crippen LogP contribution is -2.57. The molecule has 0 spiro atoms. The van der Waals surface area contributed by atoms with Gasteiger partial charge in [0.25, 0.3) is 0 Å². The molecule has 1 saturated heterocycles. The minimum Gasteiger partial charge on any atom is -0.385 e. The van der Waals surface area contributed by atoms with Crippen molar-refractivity contribution in [2.75, 3.05) is 34.0 Å². The van der Waals surface area contributed by atoms with Crippen LogP contribution in [-0.4, -0.2) is 45.7 Å². The highest BCUT2D eigenvalue weighted by molar-refractivity contribution is 4.93. The van der Waals surface area contributed by atoms with Crippen LogP contribution >= 0.6 is 0 Å². The summed E-state index contributed by atoms with van der Waals surface area (Å²) in [4.78, 5) is 0. The Morgan fingerprint density at radius 3 is 2.56 bits per heavy atom. The van der Waals surface area contributed by atoms with E-state index in [4.69, 9.17) is 20.1 Å². The van der Waals surface area contributed by atoms with Crippen LogP contribution in [0.4, 0.5) is 0 Å². The van der Waals surface area contributed by atoms with Gasteiger partial charge in [0.1, 0.15) is 0 Å². The molecule has 0 aromatic carbocycles. The molecular formula is C11H24N2O3. The van der Waals surface area contributed by atoms with Crippen LogP contribution in [0.3, 0.4) is 0 Å². The molecule has 0 aliphatic carbocycles. The van der Waals surface area contributed by atoms with Crippen LogP contribution in [0.2, 0.25) is 0 Å². The molecule has 0 aromatic rings. The van der Waals surface area contributed by atoms with E-state index in [0.717, 1.165) is 45.5 Å². The van der Waals surface area contributed by atoms with E-state index in [1.165, 1.54) is 0 Å². The molecule has 1 rings (SSSR count). The van der Waals surface area contributed by atoms with E-state index >= 15 is 0 Å². The Bertz CT molecular complexity index is 184. The molecule has 0 saturated carbocycles. The quantitative estimate of drug-likeness (QED) is 0.379. The van der Waals surface area contributed by atoms with E-state index in [2.05, 4.69) is 5.43 Å². The molecule has 1 heterocycles. The molecule has 5 nitrogen and oxygen atoms in total. The maximum atomic E-state index is 5.70. The van der Waals surface area contributed by atoms with Crippen molar-refractivity contribution >= 4 is 0 Å². The molecule has 0 bridgehead atoms. The minimum atomic E-state index is -0.180. The van der Waals surface area contributed by atoms with E-state index in [0.29, 0.717) is 0 Å². The van der Waals surface area contributed by atoms with Gasteiger partial charge >= 0.3 is 0 Å². The van der Waals surface area contributed by atoms with Crippen LogP contribution < -0.4 is 11.3 Å². The van der Waals surface area contributed by atoms with Crippen LogP contribution in [0, 0.1) is 0 Å². The summed E-state index contributed by atoms with van der Waals surface area (Å²) in [5.41, 5.74) is 2.71. The maximum absolute atomic E-state index is 5.70. The average molecular weight is 232 g/mol. The van der Waals surface area contributed by atoms with Crippen molar-refractivity contribution in [3.8, 4) is 0 Å². The monoisotopic (exact) mass is 232 g/mol. The number of ether oxygens (including phenoxy) is 3. The van der Waals surface area contributed by atoms with Crippen LogP contribution in [0.5, 0.6) is 0 Å². The van der Waals surface area contributed by atoms with Gasteiger partial charge in [-0.25, -0.2) is 0 Å². The maximum Gasteiger partial charge on any atom is 0.0888 e. The summed E-state index contributed by atoms with van der Waals surface area (Å²) in [6.45, 7) is 2.25. The zero-order chi connectivity index (χ0) is 11.9. The van der Waals surface area contributed by atoms with E-state index in [1.54, 1.807) is 14.2 Å². The highest BCUT2D eigenvalue weighted by Gasteiger charge is 2.39. The first kappa shape index (κ1) is 13.9. The second-order valence-corrected chi connectivity index (χ2v) is 4.24. The number of hydrogen-bond acceptors (Lipinski definition) is 5. The highest BCUT2D eigenvalue weighted by Crippen LogP contribution is 2.30. The zero-order valence-electron chi connectivity index (χ0n) is 10.3. The molecule has 1 aliphatic rings. The molecule has 0 aromatic heterocycles. The number of hydrazine groups is 1. The van der Waals surface area contributed by atoms with Crippen molar-refractivity contribution in [3.63, 3.8) is 0 Å². The van der Waals surface area contributed by atoms with E-state index in [1.807, 2.05) is 0 Å². The van der Waals surface area contributed by atoms with Gasteiger partial charge in [-0.1, -0.05) is 0 Å². The first-order chi connectivity index (χ1) is 7.79. The molecule has 1 fully saturated rings. The third kappa shape index (κ3) is 3.40. The Morgan fingerprint density at radius 2 is 2.06 bits per heavy atom. The Morgan fingerprint density at radius 1 is 1.38 bits per heavy atom. The second-order valence-electron chi connectivity index (χ2n) is 4.24. The number of methoxy groups -OCH3 is 2. The summed E-state index contributed by atoms with van der Waals surface area (Å²) < 4.78 is 16.1. The fraction of sp³-hybridized carbons (Fsp3) is 1.00. The standard InChI is InChI=1S/C11H24N2O3/c1-14-7-3-4-10(13-12)11(15-2)5-8-16-9-6-11/h10,13H,3-9,12H2,1-2H3. The Balaban J connectivity index is 2.51. The summed E-state index contributed by atoms with van der Waals surface area (Å²) in [5.74, 6) is 5.63. The molecule has 96 valence electrons. The number of rotatable bonds is 7. The topological polar surface area (TPSA) is 65.7 Å². The Kier molecular flexibility index (Phi) is 6.23. The van der Waals surface area contributed by atoms with Gasteiger partial charge in [-0.05, 0) is 12.8 Å². The van der Waals surface area contributed by atoms with Crippen molar-refractivity contribution in [2.45, 2.75) is 37.3 Å². The van der Waals surface area contributed by atoms with Crippen LogP contribution in [0.25, 0.3) is 0 Å². The summed E-state index contributed by atoms with van der Waals surface area (Å²) in [5, 5.41) is 0. The molecule has 1 unspecified atom stereocenters. The molecule has 0 amide bonds. The predicted molar refractivity (Wildman–Crippen MR) is 62.0 cm³/mol. The third-order valence-electron chi connectivity index (χ3n) is 3.42. The first-order valence-corrected chi connectivity index (χ1v) is 5.87. The van der Waals surface area contributed by atoms with Crippen molar-refractivity contribution in [2.24, 2.45) is 5.84 Å². The molecule has 3 N–H and O–H groups in total. The third-order valence-corrected chi connectivity index (χ3v) is 3.42. The van der Waals surface area contributed by atoms with Crippen molar-refractivity contribution in [1.82, 2.24) is 5.43 Å². The zero-order valence-corrected chi connectivity index (χ0v) is 10.3. The summed E-state index contributed by atoms with van der Waals surface area (Å²) in [7, 11) is 3.47. The fourth-order valence-electron chi connectivity index (χ4n) is 2.34. The van der Waals surface area contributed by atoms with Gasteiger partial charge < -0.3 is 14.2 Å². The predicted octanol–water partition coefficient (Wildman–Crippen LogP) is 0.441. The van der Waals surface area contributed by atoms with Gasteiger partial charge in [-0.15, -0.1) is 0 Å². The van der Waals surface area contributed by atoms with Gasteiger partial charge in [-0.3, -0.25) is 11.3 Å². The molecule has 0 radical (unpaired) electrons. The summed E-state index contributed by atoms with van der Waals surface area (Å²) in [6.07, 6.45) is 3.73. The van der Waals surface area contributed by atoms with Gasteiger partial charge in [0.2, 0.25) is 0 Å². The van der Waals surface area contributed by atoms with Gasteiger partial charge in [0.05, 0.1) is 11.6 Å². The molecule has 1 aliphatic heterocycles. The highest BCUT2D eigenvalue weighted by atomic mass is 16.5. The molecule has 5 heteroatoms. The average Bonchev–Trinajstić information content (AvgIpc) is 2.35. The van der Waals surface area contributed by atoms with Crippen LogP contribution in [-0.2, 0) is 14.2 Å². The summed E-state index contributed by atoms with van der Waals surface area (Å²) in [6, 6.07) is 0.163. The fourth-order valence-corrected chi connectivity index (χ4v) is 2.34. The largest absolute Gasteiger partial charge is 0.385 e. The smallest absolute Gasteiger partial charge is 0.0888 e. The molecule has 1 atom stereocenters. The molecular weight excluding hydrogens is 208 g/mol. The van der Waals surface area contributed by atoms with Crippen molar-refractivity contribution < 1.29 is 14.2 Å². The Labute approximate surface area is 97.6 Å². The van der Waals surface area contributed by atoms with Crippen LogP contribution in [0.15, 0.2) is 0 Å². The van der Waals surface area contributed by atoms with Crippen molar-refractivity contribution in [3.05, 3.63) is 0 Å². The normalized spacial score (nSPS) is 21.9. The molecule has 16 heavy (non-hydrogen) atoms. The first-order valence-electron chi connectivity index (χ1n) is 5.87.